The van der Waals surface area contributed by atoms with Crippen molar-refractivity contribution in [1.29, 1.82) is 0 Å². The molecule has 0 saturated carbocycles. The number of hydrogen-bond donors (Lipinski definition) is 4. The van der Waals surface area contributed by atoms with Crippen LogP contribution in [0.4, 0.5) is 0 Å². The standard InChI is InChI=1S/C9H14N2O2/c10-9(11-5-6-12)7-1-3-8(13)4-2-7/h1-4,9,11-13H,5-6,10H2. The molecule has 0 aliphatic heterocycles. The molecule has 4 nitrogen and oxygen atoms in total. The molecule has 4 heteroatoms. The van der Waals surface area contributed by atoms with E-state index in [4.69, 9.17) is 15.9 Å². The van der Waals surface area contributed by atoms with Gasteiger partial charge in [0.1, 0.15) is 5.75 Å². The normalized spacial score (nSPS) is 12.8. The summed E-state index contributed by atoms with van der Waals surface area (Å²) in [7, 11) is 0. The van der Waals surface area contributed by atoms with Gasteiger partial charge in [0.2, 0.25) is 0 Å². The first-order valence-electron chi connectivity index (χ1n) is 4.13. The van der Waals surface area contributed by atoms with E-state index in [0.29, 0.717) is 6.54 Å². The van der Waals surface area contributed by atoms with Gasteiger partial charge in [-0.15, -0.1) is 0 Å². The zero-order chi connectivity index (χ0) is 9.68. The highest BCUT2D eigenvalue weighted by Crippen LogP contribution is 2.12. The molecule has 0 bridgehead atoms. The van der Waals surface area contributed by atoms with E-state index < -0.39 is 0 Å². The minimum absolute atomic E-state index is 0.0613. The lowest BCUT2D eigenvalue weighted by Gasteiger charge is -2.12. The second-order valence-corrected chi connectivity index (χ2v) is 2.75. The van der Waals surface area contributed by atoms with Crippen LogP contribution in [0.25, 0.3) is 0 Å². The quantitative estimate of drug-likeness (QED) is 0.492. The number of aromatic hydroxyl groups is 1. The fourth-order valence-electron chi connectivity index (χ4n) is 1.02. The average Bonchev–Trinajstić information content (AvgIpc) is 2.15. The molecule has 0 heterocycles. The Bertz CT molecular complexity index is 248. The van der Waals surface area contributed by atoms with Crippen LogP contribution in [0.2, 0.25) is 0 Å². The number of phenolic OH excluding ortho intramolecular Hbond substituents is 1. The highest BCUT2D eigenvalue weighted by atomic mass is 16.3. The fraction of sp³-hybridized carbons (Fsp3) is 0.333. The van der Waals surface area contributed by atoms with Crippen LogP contribution in [0, 0.1) is 0 Å². The van der Waals surface area contributed by atoms with Gasteiger partial charge < -0.3 is 15.9 Å². The minimum Gasteiger partial charge on any atom is -0.508 e. The van der Waals surface area contributed by atoms with Crippen molar-refractivity contribution in [1.82, 2.24) is 5.32 Å². The smallest absolute Gasteiger partial charge is 0.115 e. The molecular formula is C9H14N2O2. The lowest BCUT2D eigenvalue weighted by molar-refractivity contribution is 0.285. The first kappa shape index (κ1) is 9.98. The maximum atomic E-state index is 9.01. The van der Waals surface area contributed by atoms with Gasteiger partial charge >= 0.3 is 0 Å². The summed E-state index contributed by atoms with van der Waals surface area (Å²) in [4.78, 5) is 0. The molecule has 0 aromatic heterocycles. The van der Waals surface area contributed by atoms with Crippen molar-refractivity contribution in [3.8, 4) is 5.75 Å². The van der Waals surface area contributed by atoms with Gasteiger partial charge in [-0.1, -0.05) is 12.1 Å². The summed E-state index contributed by atoms with van der Waals surface area (Å²) < 4.78 is 0. The first-order valence-corrected chi connectivity index (χ1v) is 4.13. The molecule has 72 valence electrons. The fourth-order valence-corrected chi connectivity index (χ4v) is 1.02. The van der Waals surface area contributed by atoms with Crippen LogP contribution < -0.4 is 11.1 Å². The zero-order valence-corrected chi connectivity index (χ0v) is 7.27. The predicted octanol–water partition coefficient (Wildman–Crippen LogP) is -0.0686. The van der Waals surface area contributed by atoms with Crippen molar-refractivity contribution in [3.63, 3.8) is 0 Å². The molecule has 13 heavy (non-hydrogen) atoms. The largest absolute Gasteiger partial charge is 0.508 e. The molecule has 1 unspecified atom stereocenters. The molecule has 0 spiro atoms. The summed E-state index contributed by atoms with van der Waals surface area (Å²) in [5.74, 6) is 0.220. The second kappa shape index (κ2) is 4.81. The summed E-state index contributed by atoms with van der Waals surface area (Å²) in [6.45, 7) is 0.522. The summed E-state index contributed by atoms with van der Waals surface area (Å²) >= 11 is 0. The van der Waals surface area contributed by atoms with E-state index >= 15 is 0 Å². The second-order valence-electron chi connectivity index (χ2n) is 2.75. The van der Waals surface area contributed by atoms with Gasteiger partial charge in [0.15, 0.2) is 0 Å². The first-order chi connectivity index (χ1) is 6.24. The van der Waals surface area contributed by atoms with E-state index in [2.05, 4.69) is 5.32 Å². The third-order valence-electron chi connectivity index (χ3n) is 1.73. The number of rotatable bonds is 4. The Morgan fingerprint density at radius 1 is 1.31 bits per heavy atom. The molecule has 0 amide bonds. The Kier molecular flexibility index (Phi) is 3.70. The predicted molar refractivity (Wildman–Crippen MR) is 50.1 cm³/mol. The zero-order valence-electron chi connectivity index (χ0n) is 7.27. The van der Waals surface area contributed by atoms with Crippen LogP contribution in [-0.4, -0.2) is 23.4 Å². The maximum absolute atomic E-state index is 9.01. The van der Waals surface area contributed by atoms with Gasteiger partial charge in [0, 0.05) is 6.54 Å². The highest BCUT2D eigenvalue weighted by molar-refractivity contribution is 5.27. The Balaban J connectivity index is 2.55. The van der Waals surface area contributed by atoms with E-state index in [9.17, 15) is 0 Å². The van der Waals surface area contributed by atoms with E-state index in [0.717, 1.165) is 5.56 Å². The lowest BCUT2D eigenvalue weighted by atomic mass is 10.2. The maximum Gasteiger partial charge on any atom is 0.115 e. The molecule has 0 fully saturated rings. The molecular weight excluding hydrogens is 168 g/mol. The topological polar surface area (TPSA) is 78.5 Å². The van der Waals surface area contributed by atoms with Crippen LogP contribution in [-0.2, 0) is 0 Å². The Morgan fingerprint density at radius 3 is 2.46 bits per heavy atom. The number of nitrogens with one attached hydrogen (secondary N) is 1. The van der Waals surface area contributed by atoms with Crippen molar-refractivity contribution in [2.75, 3.05) is 13.2 Å². The van der Waals surface area contributed by atoms with Crippen LogP contribution in [0.5, 0.6) is 5.75 Å². The average molecular weight is 182 g/mol. The monoisotopic (exact) mass is 182 g/mol. The van der Waals surface area contributed by atoms with E-state index in [1.165, 1.54) is 0 Å². The molecule has 1 aromatic carbocycles. The van der Waals surface area contributed by atoms with Crippen LogP contribution in [0.1, 0.15) is 11.7 Å². The lowest BCUT2D eigenvalue weighted by Crippen LogP contribution is -2.30. The molecule has 1 aromatic rings. The molecule has 0 aliphatic carbocycles. The third kappa shape index (κ3) is 3.02. The van der Waals surface area contributed by atoms with Crippen LogP contribution in [0.3, 0.4) is 0 Å². The van der Waals surface area contributed by atoms with E-state index in [-0.39, 0.29) is 18.5 Å². The van der Waals surface area contributed by atoms with Gasteiger partial charge in [0.25, 0.3) is 0 Å². The van der Waals surface area contributed by atoms with Crippen LogP contribution in [0.15, 0.2) is 24.3 Å². The summed E-state index contributed by atoms with van der Waals surface area (Å²) in [6.07, 6.45) is -0.298. The summed E-state index contributed by atoms with van der Waals surface area (Å²) in [5, 5.41) is 20.5. The third-order valence-corrected chi connectivity index (χ3v) is 1.73. The Morgan fingerprint density at radius 2 is 1.92 bits per heavy atom. The van der Waals surface area contributed by atoms with Crippen molar-refractivity contribution in [2.24, 2.45) is 5.73 Å². The molecule has 1 atom stereocenters. The van der Waals surface area contributed by atoms with Gasteiger partial charge in [-0.3, -0.25) is 5.32 Å². The van der Waals surface area contributed by atoms with E-state index in [1.807, 2.05) is 0 Å². The van der Waals surface area contributed by atoms with Gasteiger partial charge in [0.05, 0.1) is 12.8 Å². The van der Waals surface area contributed by atoms with E-state index in [1.54, 1.807) is 24.3 Å². The van der Waals surface area contributed by atoms with Crippen molar-refractivity contribution < 1.29 is 10.2 Å². The molecule has 1 rings (SSSR count). The Hall–Kier alpha value is -1.10. The number of phenols is 1. The molecule has 5 N–H and O–H groups in total. The number of aliphatic hydroxyl groups excluding tert-OH is 1. The van der Waals surface area contributed by atoms with Crippen molar-refractivity contribution in [3.05, 3.63) is 29.8 Å². The van der Waals surface area contributed by atoms with Gasteiger partial charge in [-0.05, 0) is 17.7 Å². The number of benzene rings is 1. The minimum atomic E-state index is -0.298. The molecule has 0 saturated heterocycles. The Labute approximate surface area is 77.0 Å². The van der Waals surface area contributed by atoms with Crippen molar-refractivity contribution >= 4 is 0 Å². The van der Waals surface area contributed by atoms with Crippen molar-refractivity contribution in [2.45, 2.75) is 6.17 Å². The molecule has 0 aliphatic rings. The number of aliphatic hydroxyl groups is 1. The number of nitrogens with two attached hydrogens (primary N) is 1. The number of hydrogen-bond acceptors (Lipinski definition) is 4. The van der Waals surface area contributed by atoms with Crippen LogP contribution >= 0.6 is 0 Å². The SMILES string of the molecule is NC(NCCO)c1ccc(O)cc1. The van der Waals surface area contributed by atoms with Gasteiger partial charge in [-0.25, -0.2) is 0 Å². The molecule has 0 radical (unpaired) electrons. The summed E-state index contributed by atoms with van der Waals surface area (Å²) in [6, 6.07) is 6.64. The summed E-state index contributed by atoms with van der Waals surface area (Å²) in [5.41, 5.74) is 6.61. The highest BCUT2D eigenvalue weighted by Gasteiger charge is 2.03. The van der Waals surface area contributed by atoms with Gasteiger partial charge in [-0.2, -0.15) is 0 Å².